The van der Waals surface area contributed by atoms with E-state index in [2.05, 4.69) is 22.0 Å². The highest BCUT2D eigenvalue weighted by atomic mass is 16.3. The number of aliphatic hydroxyl groups is 1. The average Bonchev–Trinajstić information content (AvgIpc) is 3.28. The molecule has 4 rings (SSSR count). The lowest BCUT2D eigenvalue weighted by Crippen LogP contribution is -2.42. The molecule has 1 amide bonds. The highest BCUT2D eigenvalue weighted by Crippen LogP contribution is 2.38. The molecule has 0 radical (unpaired) electrons. The Kier molecular flexibility index (Phi) is 3.85. The molecular weight excluding hydrogens is 312 g/mol. The first-order chi connectivity index (χ1) is 12.1. The van der Waals surface area contributed by atoms with Crippen molar-refractivity contribution < 1.29 is 9.90 Å². The highest BCUT2D eigenvalue weighted by Gasteiger charge is 2.46. The summed E-state index contributed by atoms with van der Waals surface area (Å²) in [7, 11) is 0. The number of nitrogens with one attached hydrogen (secondary N) is 1. The Labute approximate surface area is 147 Å². The molecule has 4 nitrogen and oxygen atoms in total. The van der Waals surface area contributed by atoms with Gasteiger partial charge in [-0.2, -0.15) is 0 Å². The Morgan fingerprint density at radius 1 is 1.16 bits per heavy atom. The molecule has 25 heavy (non-hydrogen) atoms. The molecule has 128 valence electrons. The second-order valence-corrected chi connectivity index (χ2v) is 6.97. The number of para-hydroxylation sites is 1. The van der Waals surface area contributed by atoms with Gasteiger partial charge >= 0.3 is 0 Å². The largest absolute Gasteiger partial charge is 0.388 e. The van der Waals surface area contributed by atoms with E-state index in [1.54, 1.807) is 0 Å². The molecule has 1 atom stereocenters. The maximum atomic E-state index is 12.8. The minimum atomic E-state index is -0.724. The molecule has 1 heterocycles. The van der Waals surface area contributed by atoms with Crippen molar-refractivity contribution in [3.05, 3.63) is 71.9 Å². The van der Waals surface area contributed by atoms with Crippen LogP contribution in [0.15, 0.2) is 60.8 Å². The van der Waals surface area contributed by atoms with Crippen LogP contribution < -0.4 is 5.32 Å². The first kappa shape index (κ1) is 15.9. The molecule has 4 heteroatoms. The van der Waals surface area contributed by atoms with Crippen molar-refractivity contribution in [2.45, 2.75) is 38.0 Å². The monoisotopic (exact) mass is 334 g/mol. The molecule has 1 saturated carbocycles. The number of aromatic nitrogens is 1. The van der Waals surface area contributed by atoms with Crippen molar-refractivity contribution >= 4 is 16.8 Å². The quantitative estimate of drug-likeness (QED) is 0.752. The van der Waals surface area contributed by atoms with Crippen molar-refractivity contribution in [3.8, 4) is 0 Å². The summed E-state index contributed by atoms with van der Waals surface area (Å²) in [6.07, 6.45) is 3.42. The number of hydrogen-bond acceptors (Lipinski definition) is 2. The lowest BCUT2D eigenvalue weighted by atomic mass is 10.1. The number of benzene rings is 2. The Hall–Kier alpha value is -2.59. The van der Waals surface area contributed by atoms with Crippen molar-refractivity contribution in [2.75, 3.05) is 0 Å². The lowest BCUT2D eigenvalue weighted by molar-refractivity contribution is 0.0795. The van der Waals surface area contributed by atoms with Crippen LogP contribution in [0.2, 0.25) is 0 Å². The second kappa shape index (κ2) is 6.05. The van der Waals surface area contributed by atoms with Crippen molar-refractivity contribution in [1.82, 2.24) is 9.88 Å². The van der Waals surface area contributed by atoms with Gasteiger partial charge in [0, 0.05) is 23.6 Å². The highest BCUT2D eigenvalue weighted by molar-refractivity contribution is 6.07. The topological polar surface area (TPSA) is 54.3 Å². The summed E-state index contributed by atoms with van der Waals surface area (Å²) < 4.78 is 2.11. The third-order valence-electron chi connectivity index (χ3n) is 5.14. The molecule has 0 spiro atoms. The van der Waals surface area contributed by atoms with Gasteiger partial charge in [0.2, 0.25) is 0 Å². The van der Waals surface area contributed by atoms with Crippen LogP contribution in [-0.4, -0.2) is 27.2 Å². The fourth-order valence-electron chi connectivity index (χ4n) is 3.31. The number of carbonyl (C=O) groups excluding carboxylic acids is 1. The number of amides is 1. The van der Waals surface area contributed by atoms with Crippen LogP contribution in [-0.2, 0) is 6.54 Å². The van der Waals surface area contributed by atoms with E-state index in [9.17, 15) is 9.90 Å². The van der Waals surface area contributed by atoms with Gasteiger partial charge in [-0.15, -0.1) is 0 Å². The van der Waals surface area contributed by atoms with Crippen molar-refractivity contribution in [3.63, 3.8) is 0 Å². The van der Waals surface area contributed by atoms with Crippen LogP contribution in [0.3, 0.4) is 0 Å². The lowest BCUT2D eigenvalue weighted by Gasteiger charge is -2.19. The van der Waals surface area contributed by atoms with E-state index in [-0.39, 0.29) is 11.9 Å². The normalized spacial score (nSPS) is 16.6. The van der Waals surface area contributed by atoms with E-state index in [1.807, 2.05) is 55.6 Å². The SMILES string of the molecule is C[C@H](NC(=O)c1cn(Cc2ccccc2)c2ccccc12)C1(O)CC1. The predicted octanol–water partition coefficient (Wildman–Crippen LogP) is 3.33. The van der Waals surface area contributed by atoms with Crippen LogP contribution in [0.25, 0.3) is 10.9 Å². The molecule has 2 aromatic carbocycles. The van der Waals surface area contributed by atoms with Crippen LogP contribution in [0.5, 0.6) is 0 Å². The third kappa shape index (κ3) is 3.05. The molecule has 0 bridgehead atoms. The summed E-state index contributed by atoms with van der Waals surface area (Å²) in [5, 5.41) is 14.1. The summed E-state index contributed by atoms with van der Waals surface area (Å²) in [6.45, 7) is 2.59. The number of nitrogens with zero attached hydrogens (tertiary/aromatic N) is 1. The van der Waals surface area contributed by atoms with Gasteiger partial charge in [-0.3, -0.25) is 4.79 Å². The maximum absolute atomic E-state index is 12.8. The van der Waals surface area contributed by atoms with E-state index in [4.69, 9.17) is 0 Å². The zero-order valence-corrected chi connectivity index (χ0v) is 14.3. The zero-order chi connectivity index (χ0) is 17.4. The second-order valence-electron chi connectivity index (χ2n) is 6.97. The van der Waals surface area contributed by atoms with Crippen LogP contribution in [0.4, 0.5) is 0 Å². The number of carbonyl (C=O) groups is 1. The van der Waals surface area contributed by atoms with Crippen LogP contribution in [0, 0.1) is 0 Å². The Balaban J connectivity index is 1.66. The Bertz CT molecular complexity index is 910. The van der Waals surface area contributed by atoms with Gasteiger partial charge in [0.15, 0.2) is 0 Å². The molecule has 0 unspecified atom stereocenters. The van der Waals surface area contributed by atoms with Gasteiger partial charge in [0.1, 0.15) is 0 Å². The van der Waals surface area contributed by atoms with E-state index >= 15 is 0 Å². The molecule has 1 aromatic heterocycles. The summed E-state index contributed by atoms with van der Waals surface area (Å²) >= 11 is 0. The maximum Gasteiger partial charge on any atom is 0.253 e. The summed E-state index contributed by atoms with van der Waals surface area (Å²) in [6, 6.07) is 17.9. The first-order valence-corrected chi connectivity index (χ1v) is 8.72. The van der Waals surface area contributed by atoms with E-state index in [1.165, 1.54) is 5.56 Å². The number of hydrogen-bond donors (Lipinski definition) is 2. The van der Waals surface area contributed by atoms with Crippen LogP contribution in [0.1, 0.15) is 35.7 Å². The van der Waals surface area contributed by atoms with Gasteiger partial charge < -0.3 is 15.0 Å². The fraction of sp³-hybridized carbons (Fsp3) is 0.286. The van der Waals surface area contributed by atoms with Gasteiger partial charge in [-0.1, -0.05) is 48.5 Å². The molecule has 0 saturated heterocycles. The van der Waals surface area contributed by atoms with Crippen LogP contribution >= 0.6 is 0 Å². The van der Waals surface area contributed by atoms with Gasteiger partial charge in [0.05, 0.1) is 17.2 Å². The van der Waals surface area contributed by atoms with E-state index in [0.29, 0.717) is 12.1 Å². The van der Waals surface area contributed by atoms with Gasteiger partial charge in [-0.25, -0.2) is 0 Å². The summed E-state index contributed by atoms with van der Waals surface area (Å²) in [4.78, 5) is 12.8. The molecule has 3 aromatic rings. The minimum absolute atomic E-state index is 0.129. The molecule has 1 fully saturated rings. The van der Waals surface area contributed by atoms with Crippen molar-refractivity contribution in [2.24, 2.45) is 0 Å². The fourth-order valence-corrected chi connectivity index (χ4v) is 3.31. The number of rotatable bonds is 5. The first-order valence-electron chi connectivity index (χ1n) is 8.72. The zero-order valence-electron chi connectivity index (χ0n) is 14.3. The molecule has 1 aliphatic carbocycles. The standard InChI is InChI=1S/C21H22N2O2/c1-15(21(25)11-12-21)22-20(24)18-14-23(13-16-7-3-2-4-8-16)19-10-6-5-9-17(18)19/h2-10,14-15,25H,11-13H2,1H3,(H,22,24)/t15-/m0/s1. The van der Waals surface area contributed by atoms with Crippen molar-refractivity contribution in [1.29, 1.82) is 0 Å². The summed E-state index contributed by atoms with van der Waals surface area (Å²) in [5.41, 5.74) is 2.16. The smallest absolute Gasteiger partial charge is 0.253 e. The third-order valence-corrected chi connectivity index (χ3v) is 5.14. The minimum Gasteiger partial charge on any atom is -0.388 e. The molecule has 0 aliphatic heterocycles. The van der Waals surface area contributed by atoms with Gasteiger partial charge in [0.25, 0.3) is 5.91 Å². The molecule has 1 aliphatic rings. The van der Waals surface area contributed by atoms with Gasteiger partial charge in [-0.05, 0) is 31.4 Å². The average molecular weight is 334 g/mol. The predicted molar refractivity (Wildman–Crippen MR) is 98.6 cm³/mol. The van der Waals surface area contributed by atoms with E-state index < -0.39 is 5.60 Å². The number of fused-ring (bicyclic) bond motifs is 1. The van der Waals surface area contributed by atoms with E-state index in [0.717, 1.165) is 23.7 Å². The Morgan fingerprint density at radius 2 is 1.84 bits per heavy atom. The Morgan fingerprint density at radius 3 is 2.56 bits per heavy atom. The molecular formula is C21H22N2O2. The summed E-state index contributed by atoms with van der Waals surface area (Å²) in [5.74, 6) is -0.129. The molecule has 2 N–H and O–H groups in total.